The van der Waals surface area contributed by atoms with Gasteiger partial charge in [0.15, 0.2) is 0 Å². The summed E-state index contributed by atoms with van der Waals surface area (Å²) in [5.41, 5.74) is 0. The molecule has 0 bridgehead atoms. The molecule has 0 spiro atoms. The second-order valence-electron chi connectivity index (χ2n) is 3.03. The van der Waals surface area contributed by atoms with Crippen molar-refractivity contribution in [3.63, 3.8) is 0 Å². The van der Waals surface area contributed by atoms with Gasteiger partial charge in [0.05, 0.1) is 11.5 Å². The maximum absolute atomic E-state index is 10.4. The van der Waals surface area contributed by atoms with Gasteiger partial charge in [0, 0.05) is 31.1 Å². The summed E-state index contributed by atoms with van der Waals surface area (Å²) in [6, 6.07) is 3.26. The average molecular weight is 242 g/mol. The normalized spacial score (nSPS) is 11.1. The van der Waals surface area contributed by atoms with Crippen LogP contribution < -0.4 is 5.32 Å². The SMILES string of the molecule is COCCNC/C=C/c1ccc([N+](=O)[O-])s1. The monoisotopic (exact) mass is 242 g/mol. The summed E-state index contributed by atoms with van der Waals surface area (Å²) in [5, 5.41) is 13.7. The molecule has 88 valence electrons. The summed E-state index contributed by atoms with van der Waals surface area (Å²) in [4.78, 5) is 10.9. The van der Waals surface area contributed by atoms with Crippen molar-refractivity contribution in [2.45, 2.75) is 0 Å². The fourth-order valence-corrected chi connectivity index (χ4v) is 1.82. The molecule has 1 heterocycles. The third kappa shape index (κ3) is 4.52. The number of hydrogen-bond donors (Lipinski definition) is 1. The van der Waals surface area contributed by atoms with E-state index in [9.17, 15) is 10.1 Å². The maximum Gasteiger partial charge on any atom is 0.324 e. The van der Waals surface area contributed by atoms with E-state index < -0.39 is 0 Å². The second-order valence-corrected chi connectivity index (χ2v) is 4.13. The zero-order valence-corrected chi connectivity index (χ0v) is 9.83. The van der Waals surface area contributed by atoms with Gasteiger partial charge in [-0.05, 0) is 12.1 Å². The van der Waals surface area contributed by atoms with Gasteiger partial charge in [0.25, 0.3) is 0 Å². The summed E-state index contributed by atoms with van der Waals surface area (Å²) >= 11 is 1.17. The Hall–Kier alpha value is -1.24. The smallest absolute Gasteiger partial charge is 0.324 e. The zero-order valence-electron chi connectivity index (χ0n) is 9.01. The largest absolute Gasteiger partial charge is 0.383 e. The van der Waals surface area contributed by atoms with Crippen LogP contribution in [0.4, 0.5) is 5.00 Å². The van der Waals surface area contributed by atoms with Crippen molar-refractivity contribution >= 4 is 22.4 Å². The van der Waals surface area contributed by atoms with Gasteiger partial charge >= 0.3 is 5.00 Å². The highest BCUT2D eigenvalue weighted by Crippen LogP contribution is 2.24. The minimum Gasteiger partial charge on any atom is -0.383 e. The van der Waals surface area contributed by atoms with Gasteiger partial charge in [-0.15, -0.1) is 0 Å². The Morgan fingerprint density at radius 1 is 1.62 bits per heavy atom. The first kappa shape index (κ1) is 12.8. The highest BCUT2D eigenvalue weighted by atomic mass is 32.1. The molecule has 0 fully saturated rings. The van der Waals surface area contributed by atoms with Gasteiger partial charge in [-0.3, -0.25) is 10.1 Å². The Morgan fingerprint density at radius 2 is 2.44 bits per heavy atom. The molecule has 1 aromatic rings. The van der Waals surface area contributed by atoms with Crippen LogP contribution in [0.15, 0.2) is 18.2 Å². The van der Waals surface area contributed by atoms with Gasteiger partial charge in [-0.1, -0.05) is 17.4 Å². The number of hydrogen-bond acceptors (Lipinski definition) is 5. The third-order valence-electron chi connectivity index (χ3n) is 1.82. The molecule has 0 saturated carbocycles. The predicted octanol–water partition coefficient (Wildman–Crippen LogP) is 1.91. The highest BCUT2D eigenvalue weighted by molar-refractivity contribution is 7.16. The first-order chi connectivity index (χ1) is 7.74. The molecule has 0 saturated heterocycles. The lowest BCUT2D eigenvalue weighted by molar-refractivity contribution is -0.380. The number of ether oxygens (including phenoxy) is 1. The minimum absolute atomic E-state index is 0.173. The molecule has 0 radical (unpaired) electrons. The number of thiophene rings is 1. The van der Waals surface area contributed by atoms with Crippen molar-refractivity contribution < 1.29 is 9.66 Å². The molecule has 1 rings (SSSR count). The second kappa shape index (κ2) is 7.10. The van der Waals surface area contributed by atoms with E-state index in [0.29, 0.717) is 6.61 Å². The molecule has 0 aliphatic rings. The lowest BCUT2D eigenvalue weighted by Gasteiger charge is -1.98. The molecule has 6 heteroatoms. The van der Waals surface area contributed by atoms with Crippen LogP contribution in [0.5, 0.6) is 0 Å². The summed E-state index contributed by atoms with van der Waals surface area (Å²) in [7, 11) is 1.66. The van der Waals surface area contributed by atoms with E-state index >= 15 is 0 Å². The lowest BCUT2D eigenvalue weighted by Crippen LogP contribution is -2.18. The molecule has 0 aliphatic carbocycles. The quantitative estimate of drug-likeness (QED) is 0.450. The molecule has 0 unspecified atom stereocenters. The van der Waals surface area contributed by atoms with Crippen molar-refractivity contribution in [1.29, 1.82) is 0 Å². The average Bonchev–Trinajstić information content (AvgIpc) is 2.72. The van der Waals surface area contributed by atoms with Crippen LogP contribution in [0.1, 0.15) is 4.88 Å². The van der Waals surface area contributed by atoms with Crippen LogP contribution in [-0.2, 0) is 4.74 Å². The van der Waals surface area contributed by atoms with E-state index in [2.05, 4.69) is 5.32 Å². The molecule has 1 aromatic heterocycles. The first-order valence-corrected chi connectivity index (χ1v) is 5.66. The molecule has 16 heavy (non-hydrogen) atoms. The molecule has 0 amide bonds. The first-order valence-electron chi connectivity index (χ1n) is 4.84. The van der Waals surface area contributed by atoms with Crippen LogP contribution in [0.25, 0.3) is 6.08 Å². The van der Waals surface area contributed by atoms with Gasteiger partial charge in [-0.25, -0.2) is 0 Å². The molecular formula is C10H14N2O3S. The van der Waals surface area contributed by atoms with Crippen molar-refractivity contribution in [2.75, 3.05) is 26.8 Å². The van der Waals surface area contributed by atoms with Crippen molar-refractivity contribution in [1.82, 2.24) is 5.32 Å². The standard InChI is InChI=1S/C10H14N2O3S/c1-15-8-7-11-6-2-3-9-4-5-10(16-9)12(13)14/h2-5,11H,6-8H2,1H3/b3-2+. The van der Waals surface area contributed by atoms with Crippen molar-refractivity contribution in [3.8, 4) is 0 Å². The molecule has 0 aliphatic heterocycles. The van der Waals surface area contributed by atoms with Crippen LogP contribution in [0, 0.1) is 10.1 Å². The topological polar surface area (TPSA) is 64.4 Å². The van der Waals surface area contributed by atoms with E-state index in [4.69, 9.17) is 4.74 Å². The van der Waals surface area contributed by atoms with Crippen molar-refractivity contribution in [2.24, 2.45) is 0 Å². The minimum atomic E-state index is -0.376. The lowest BCUT2D eigenvalue weighted by atomic mass is 10.4. The van der Waals surface area contributed by atoms with Crippen LogP contribution >= 0.6 is 11.3 Å². The number of rotatable bonds is 7. The Bertz CT molecular complexity index is 363. The third-order valence-corrected chi connectivity index (χ3v) is 2.82. The number of nitrogens with one attached hydrogen (secondary N) is 1. The molecular weight excluding hydrogens is 228 g/mol. The van der Waals surface area contributed by atoms with Gasteiger partial charge in [-0.2, -0.15) is 0 Å². The van der Waals surface area contributed by atoms with E-state index in [0.717, 1.165) is 18.0 Å². The van der Waals surface area contributed by atoms with Crippen LogP contribution in [-0.4, -0.2) is 31.7 Å². The van der Waals surface area contributed by atoms with E-state index in [1.54, 1.807) is 13.2 Å². The fourth-order valence-electron chi connectivity index (χ4n) is 1.06. The maximum atomic E-state index is 10.4. The highest BCUT2D eigenvalue weighted by Gasteiger charge is 2.06. The van der Waals surface area contributed by atoms with Gasteiger partial charge < -0.3 is 10.1 Å². The van der Waals surface area contributed by atoms with E-state index in [1.165, 1.54) is 17.4 Å². The molecule has 1 N–H and O–H groups in total. The summed E-state index contributed by atoms with van der Waals surface area (Å²) in [5.74, 6) is 0. The van der Waals surface area contributed by atoms with Gasteiger partial charge in [0.2, 0.25) is 0 Å². The summed E-state index contributed by atoms with van der Waals surface area (Å²) < 4.78 is 4.88. The van der Waals surface area contributed by atoms with Crippen molar-refractivity contribution in [3.05, 3.63) is 33.2 Å². The Kier molecular flexibility index (Phi) is 5.69. The molecule has 0 atom stereocenters. The number of methoxy groups -OCH3 is 1. The molecule has 0 aromatic carbocycles. The zero-order chi connectivity index (χ0) is 11.8. The van der Waals surface area contributed by atoms with E-state index in [1.807, 2.05) is 12.2 Å². The van der Waals surface area contributed by atoms with E-state index in [-0.39, 0.29) is 9.92 Å². The summed E-state index contributed by atoms with van der Waals surface area (Å²) in [6.45, 7) is 2.21. The Balaban J connectivity index is 2.30. The predicted molar refractivity (Wildman–Crippen MR) is 64.8 cm³/mol. The number of nitro groups is 1. The fraction of sp³-hybridized carbons (Fsp3) is 0.400. The van der Waals surface area contributed by atoms with Gasteiger partial charge in [0.1, 0.15) is 0 Å². The Morgan fingerprint density at radius 3 is 3.06 bits per heavy atom. The molecule has 5 nitrogen and oxygen atoms in total. The van der Waals surface area contributed by atoms with Crippen LogP contribution in [0.3, 0.4) is 0 Å². The number of nitrogens with zero attached hydrogens (tertiary/aromatic N) is 1. The van der Waals surface area contributed by atoms with Crippen LogP contribution in [0.2, 0.25) is 0 Å². The summed E-state index contributed by atoms with van der Waals surface area (Å²) in [6.07, 6.45) is 3.81. The Labute approximate surface area is 97.9 Å².